The van der Waals surface area contributed by atoms with E-state index in [0.717, 1.165) is 28.0 Å². The van der Waals surface area contributed by atoms with Crippen LogP contribution in [0.15, 0.2) is 40.6 Å². The highest BCUT2D eigenvalue weighted by atomic mass is 35.5. The Hall–Kier alpha value is -2.13. The summed E-state index contributed by atoms with van der Waals surface area (Å²) in [7, 11) is -0.0355. The van der Waals surface area contributed by atoms with E-state index in [1.807, 2.05) is 19.0 Å². The molecule has 2 N–H and O–H groups in total. The van der Waals surface area contributed by atoms with E-state index in [0.29, 0.717) is 34.7 Å². The maximum absolute atomic E-state index is 13.2. The van der Waals surface area contributed by atoms with E-state index in [4.69, 9.17) is 11.6 Å². The van der Waals surface area contributed by atoms with E-state index in [1.54, 1.807) is 37.3 Å². The van der Waals surface area contributed by atoms with E-state index >= 15 is 0 Å². The molecule has 0 unspecified atom stereocenters. The number of nitrogens with zero attached hydrogens (tertiary/aromatic N) is 1. The van der Waals surface area contributed by atoms with Gasteiger partial charge in [0.1, 0.15) is 4.21 Å². The van der Waals surface area contributed by atoms with Crippen LogP contribution in [0.25, 0.3) is 10.1 Å². The normalized spacial score (nSPS) is 11.9. The van der Waals surface area contributed by atoms with Gasteiger partial charge in [0.15, 0.2) is 0 Å². The minimum Gasteiger partial charge on any atom is -0.478 e. The van der Waals surface area contributed by atoms with Gasteiger partial charge in [0.2, 0.25) is 0 Å². The Morgan fingerprint density at radius 1 is 1.23 bits per heavy atom. The molecule has 2 aromatic carbocycles. The van der Waals surface area contributed by atoms with Gasteiger partial charge in [-0.1, -0.05) is 17.7 Å². The van der Waals surface area contributed by atoms with Gasteiger partial charge in [0.05, 0.1) is 11.3 Å². The Morgan fingerprint density at radius 3 is 2.63 bits per heavy atom. The fourth-order valence-electron chi connectivity index (χ4n) is 3.34. The number of carboxylic acid groups (broad SMARTS) is 1. The summed E-state index contributed by atoms with van der Waals surface area (Å²) >= 11 is 7.23. The third-order valence-electron chi connectivity index (χ3n) is 4.78. The van der Waals surface area contributed by atoms with Crippen LogP contribution in [0, 0.1) is 6.92 Å². The van der Waals surface area contributed by atoms with E-state index in [2.05, 4.69) is 4.72 Å². The number of aryl methyl sites for hydroxylation is 1. The number of anilines is 1. The number of thiophene rings is 1. The molecule has 30 heavy (non-hydrogen) atoms. The van der Waals surface area contributed by atoms with Crippen molar-refractivity contribution in [1.82, 2.24) is 4.90 Å². The summed E-state index contributed by atoms with van der Waals surface area (Å²) in [6.07, 6.45) is 1.14. The molecule has 3 rings (SSSR count). The Bertz CT molecular complexity index is 1200. The average molecular weight is 467 g/mol. The van der Waals surface area contributed by atoms with E-state index in [-0.39, 0.29) is 9.77 Å². The number of aromatic carboxylic acids is 1. The number of hydrogen-bond donors (Lipinski definition) is 2. The Balaban J connectivity index is 2.01. The molecule has 0 amide bonds. The fourth-order valence-corrected chi connectivity index (χ4v) is 6.35. The first-order valence-electron chi connectivity index (χ1n) is 9.31. The fraction of sp³-hybridized carbons (Fsp3) is 0.286. The molecule has 0 aliphatic heterocycles. The lowest BCUT2D eigenvalue weighted by molar-refractivity contribution is 0.0695. The minimum absolute atomic E-state index is 0.105. The van der Waals surface area contributed by atoms with Crippen LogP contribution < -0.4 is 4.72 Å². The third kappa shape index (κ3) is 4.78. The van der Waals surface area contributed by atoms with Crippen LogP contribution in [0.4, 0.5) is 5.69 Å². The number of nitrogens with one attached hydrogen (secondary N) is 1. The molecule has 0 bridgehead atoms. The second-order valence-corrected chi connectivity index (χ2v) is 10.7. The lowest BCUT2D eigenvalue weighted by Crippen LogP contribution is -2.17. The topological polar surface area (TPSA) is 86.7 Å². The minimum atomic E-state index is -3.90. The van der Waals surface area contributed by atoms with Crippen LogP contribution in [-0.2, 0) is 16.4 Å². The molecule has 0 aliphatic rings. The first-order chi connectivity index (χ1) is 14.1. The lowest BCUT2D eigenvalue weighted by atomic mass is 10.0. The molecule has 9 heteroatoms. The zero-order chi connectivity index (χ0) is 22.1. The van der Waals surface area contributed by atoms with Gasteiger partial charge in [-0.25, -0.2) is 13.2 Å². The summed E-state index contributed by atoms with van der Waals surface area (Å²) in [5.74, 6) is -1.08. The monoisotopic (exact) mass is 466 g/mol. The largest absolute Gasteiger partial charge is 0.478 e. The number of benzene rings is 2. The summed E-state index contributed by atoms with van der Waals surface area (Å²) in [4.78, 5) is 13.7. The van der Waals surface area contributed by atoms with Gasteiger partial charge < -0.3 is 10.0 Å². The van der Waals surface area contributed by atoms with Crippen LogP contribution >= 0.6 is 22.9 Å². The number of carboxylic acids is 1. The maximum Gasteiger partial charge on any atom is 0.336 e. The number of carbonyl (C=O) groups is 1. The first-order valence-corrected chi connectivity index (χ1v) is 12.0. The van der Waals surface area contributed by atoms with Crippen molar-refractivity contribution in [1.29, 1.82) is 0 Å². The van der Waals surface area contributed by atoms with Gasteiger partial charge in [-0.2, -0.15) is 0 Å². The molecule has 0 fully saturated rings. The summed E-state index contributed by atoms with van der Waals surface area (Å²) in [6, 6.07) is 9.93. The molecular formula is C21H23ClN2O4S2. The van der Waals surface area contributed by atoms with Crippen molar-refractivity contribution in [2.24, 2.45) is 0 Å². The molecule has 1 aromatic heterocycles. The molecular weight excluding hydrogens is 444 g/mol. The lowest BCUT2D eigenvalue weighted by Gasteiger charge is -2.16. The predicted octanol–water partition coefficient (Wildman–Crippen LogP) is 4.86. The zero-order valence-electron chi connectivity index (χ0n) is 16.9. The van der Waals surface area contributed by atoms with Gasteiger partial charge in [-0.15, -0.1) is 11.3 Å². The van der Waals surface area contributed by atoms with E-state index in [1.165, 1.54) is 6.07 Å². The van der Waals surface area contributed by atoms with Gasteiger partial charge in [0, 0.05) is 9.72 Å². The molecule has 0 saturated heterocycles. The van der Waals surface area contributed by atoms with Crippen LogP contribution in [-0.4, -0.2) is 45.0 Å². The molecule has 6 nitrogen and oxygen atoms in total. The number of rotatable bonds is 8. The first kappa shape index (κ1) is 22.6. The van der Waals surface area contributed by atoms with E-state index in [9.17, 15) is 18.3 Å². The summed E-state index contributed by atoms with van der Waals surface area (Å²) in [6.45, 7) is 2.51. The molecule has 0 radical (unpaired) electrons. The smallest absolute Gasteiger partial charge is 0.336 e. The van der Waals surface area contributed by atoms with Crippen molar-refractivity contribution in [2.45, 2.75) is 24.0 Å². The van der Waals surface area contributed by atoms with Gasteiger partial charge in [-0.3, -0.25) is 4.72 Å². The van der Waals surface area contributed by atoms with Crippen molar-refractivity contribution in [2.75, 3.05) is 25.4 Å². The summed E-state index contributed by atoms with van der Waals surface area (Å²) in [5, 5.41) is 10.9. The van der Waals surface area contributed by atoms with Crippen LogP contribution in [0.1, 0.15) is 27.9 Å². The van der Waals surface area contributed by atoms with Crippen molar-refractivity contribution < 1.29 is 18.3 Å². The molecule has 0 saturated carbocycles. The second kappa shape index (κ2) is 8.93. The molecule has 0 aliphatic carbocycles. The quantitative estimate of drug-likeness (QED) is 0.495. The number of fused-ring (bicyclic) bond motifs is 1. The van der Waals surface area contributed by atoms with Crippen LogP contribution in [0.3, 0.4) is 0 Å². The second-order valence-electron chi connectivity index (χ2n) is 7.30. The Kier molecular flexibility index (Phi) is 6.71. The van der Waals surface area contributed by atoms with Gasteiger partial charge >= 0.3 is 5.97 Å². The van der Waals surface area contributed by atoms with Gasteiger partial charge in [0.25, 0.3) is 10.0 Å². The molecule has 1 heterocycles. The highest BCUT2D eigenvalue weighted by Gasteiger charge is 2.24. The third-order valence-corrected chi connectivity index (χ3v) is 8.28. The molecule has 0 spiro atoms. The summed E-state index contributed by atoms with van der Waals surface area (Å²) < 4.78 is 30.0. The number of sulfonamides is 1. The zero-order valence-corrected chi connectivity index (χ0v) is 19.3. The van der Waals surface area contributed by atoms with Crippen LogP contribution in [0.2, 0.25) is 5.02 Å². The van der Waals surface area contributed by atoms with Crippen molar-refractivity contribution in [3.8, 4) is 0 Å². The maximum atomic E-state index is 13.2. The Morgan fingerprint density at radius 2 is 1.97 bits per heavy atom. The van der Waals surface area contributed by atoms with Crippen molar-refractivity contribution in [3.63, 3.8) is 0 Å². The average Bonchev–Trinajstić information content (AvgIpc) is 2.99. The highest BCUT2D eigenvalue weighted by Crippen LogP contribution is 2.37. The van der Waals surface area contributed by atoms with Crippen molar-refractivity contribution >= 4 is 54.7 Å². The molecule has 160 valence electrons. The molecule has 0 atom stereocenters. The van der Waals surface area contributed by atoms with Crippen LogP contribution in [0.5, 0.6) is 0 Å². The van der Waals surface area contributed by atoms with E-state index < -0.39 is 16.0 Å². The SMILES string of the molecule is Cc1c(S(=O)(=O)Nc2cccc(C(=O)O)c2CCCN(C)C)sc2ccc(Cl)cc12. The standard InChI is InChI=1S/C21H23ClN2O4S2/c1-13-17-12-14(22)9-10-19(17)29-21(13)30(27,28)23-18-8-4-6-16(20(25)26)15(18)7-5-11-24(2)3/h4,6,8-10,12,23H,5,7,11H2,1-3H3,(H,25,26). The summed E-state index contributed by atoms with van der Waals surface area (Å²) in [5.41, 5.74) is 1.50. The number of halogens is 1. The van der Waals surface area contributed by atoms with Crippen molar-refractivity contribution in [3.05, 3.63) is 58.1 Å². The number of hydrogen-bond acceptors (Lipinski definition) is 5. The molecule has 3 aromatic rings. The Labute approximate surface area is 185 Å². The van der Waals surface area contributed by atoms with Gasteiger partial charge in [-0.05, 0) is 87.3 Å². The highest BCUT2D eigenvalue weighted by molar-refractivity contribution is 7.94. The predicted molar refractivity (Wildman–Crippen MR) is 123 cm³/mol.